The Kier molecular flexibility index (Phi) is 4.43. The third kappa shape index (κ3) is 3.61. The van der Waals surface area contributed by atoms with Crippen molar-refractivity contribution in [2.45, 2.75) is 44.6 Å². The molecule has 2 aromatic rings. The molecule has 1 saturated heterocycles. The Morgan fingerprint density at radius 1 is 1.12 bits per heavy atom. The number of carbonyl (C=O) groups is 1. The fraction of sp³-hybridized carbons (Fsp3) is 0.429. The molecule has 0 atom stereocenters. The first-order valence-electron chi connectivity index (χ1n) is 8.71. The summed E-state index contributed by atoms with van der Waals surface area (Å²) < 4.78 is 5.45. The van der Waals surface area contributed by atoms with Crippen LogP contribution in [0.3, 0.4) is 0 Å². The van der Waals surface area contributed by atoms with Crippen molar-refractivity contribution in [1.29, 1.82) is 5.26 Å². The summed E-state index contributed by atoms with van der Waals surface area (Å²) in [6.45, 7) is 6.67. The van der Waals surface area contributed by atoms with Gasteiger partial charge in [0.15, 0.2) is 0 Å². The summed E-state index contributed by atoms with van der Waals surface area (Å²) in [5.74, 6) is 0. The Bertz CT molecular complexity index is 822. The molecule has 0 N–H and O–H groups in total. The third-order valence-electron chi connectivity index (χ3n) is 4.78. The number of benzene rings is 2. The van der Waals surface area contributed by atoms with Crippen LogP contribution in [0.25, 0.3) is 10.8 Å². The van der Waals surface area contributed by atoms with E-state index in [4.69, 9.17) is 4.74 Å². The van der Waals surface area contributed by atoms with Crippen LogP contribution in [0, 0.1) is 11.3 Å². The average Bonchev–Trinajstić information content (AvgIpc) is 2.60. The van der Waals surface area contributed by atoms with Crippen LogP contribution in [0.15, 0.2) is 42.5 Å². The quantitative estimate of drug-likeness (QED) is 0.763. The number of rotatable bonds is 1. The number of fused-ring (bicyclic) bond motifs is 1. The zero-order valence-corrected chi connectivity index (χ0v) is 15.1. The summed E-state index contributed by atoms with van der Waals surface area (Å²) in [6.07, 6.45) is 0.958. The molecule has 1 aliphatic heterocycles. The van der Waals surface area contributed by atoms with Crippen LogP contribution in [0.1, 0.15) is 39.2 Å². The second kappa shape index (κ2) is 6.40. The topological polar surface area (TPSA) is 53.3 Å². The number of ether oxygens (including phenoxy) is 1. The van der Waals surface area contributed by atoms with E-state index in [2.05, 4.69) is 36.4 Å². The lowest BCUT2D eigenvalue weighted by molar-refractivity contribution is 0.0185. The van der Waals surface area contributed by atoms with E-state index in [1.165, 1.54) is 5.39 Å². The Hall–Kier alpha value is -2.54. The fourth-order valence-corrected chi connectivity index (χ4v) is 3.35. The molecule has 0 spiro atoms. The van der Waals surface area contributed by atoms with Gasteiger partial charge in [-0.1, -0.05) is 36.4 Å². The van der Waals surface area contributed by atoms with Crippen LogP contribution >= 0.6 is 0 Å². The Balaban J connectivity index is 1.79. The molecule has 2 aromatic carbocycles. The Morgan fingerprint density at radius 3 is 2.36 bits per heavy atom. The van der Waals surface area contributed by atoms with Gasteiger partial charge >= 0.3 is 6.09 Å². The van der Waals surface area contributed by atoms with E-state index in [9.17, 15) is 10.1 Å². The van der Waals surface area contributed by atoms with E-state index in [1.54, 1.807) is 4.90 Å². The van der Waals surface area contributed by atoms with E-state index in [0.29, 0.717) is 25.9 Å². The molecule has 0 radical (unpaired) electrons. The number of hydrogen-bond donors (Lipinski definition) is 0. The van der Waals surface area contributed by atoms with Crippen molar-refractivity contribution in [1.82, 2.24) is 4.90 Å². The summed E-state index contributed by atoms with van der Waals surface area (Å²) in [5.41, 5.74) is -0.000556. The number of amides is 1. The van der Waals surface area contributed by atoms with Gasteiger partial charge in [0, 0.05) is 13.1 Å². The van der Waals surface area contributed by atoms with E-state index in [1.807, 2.05) is 32.9 Å². The standard InChI is InChI=1S/C21H24N2O2/c1-20(2,3)25-19(24)23-12-10-21(15-22,11-13-23)18-9-8-16-6-4-5-7-17(16)14-18/h4-9,14H,10-13H2,1-3H3. The summed E-state index contributed by atoms with van der Waals surface area (Å²) in [6, 6.07) is 16.9. The molecule has 1 fully saturated rings. The van der Waals surface area contributed by atoms with Gasteiger partial charge in [-0.2, -0.15) is 5.26 Å². The van der Waals surface area contributed by atoms with Crippen LogP contribution in [-0.4, -0.2) is 29.7 Å². The summed E-state index contributed by atoms with van der Waals surface area (Å²) in [4.78, 5) is 14.0. The largest absolute Gasteiger partial charge is 0.444 e. The molecule has 1 aliphatic rings. The predicted octanol–water partition coefficient (Wildman–Crippen LogP) is 4.63. The monoisotopic (exact) mass is 336 g/mol. The van der Waals surface area contributed by atoms with Gasteiger partial charge in [-0.3, -0.25) is 0 Å². The normalized spacial score (nSPS) is 17.1. The molecule has 0 saturated carbocycles. The van der Waals surface area contributed by atoms with E-state index in [-0.39, 0.29) is 6.09 Å². The van der Waals surface area contributed by atoms with Crippen LogP contribution < -0.4 is 0 Å². The van der Waals surface area contributed by atoms with E-state index >= 15 is 0 Å². The first kappa shape index (κ1) is 17.3. The molecule has 25 heavy (non-hydrogen) atoms. The second-order valence-electron chi connectivity index (χ2n) is 7.72. The van der Waals surface area contributed by atoms with Gasteiger partial charge in [-0.15, -0.1) is 0 Å². The Labute approximate surface area is 149 Å². The van der Waals surface area contributed by atoms with Gasteiger partial charge in [0.2, 0.25) is 0 Å². The number of hydrogen-bond acceptors (Lipinski definition) is 3. The number of carbonyl (C=O) groups excluding carboxylic acids is 1. The molecule has 3 rings (SSSR count). The zero-order chi connectivity index (χ0) is 18.1. The SMILES string of the molecule is CC(C)(C)OC(=O)N1CCC(C#N)(c2ccc3ccccc3c2)CC1. The van der Waals surface area contributed by atoms with Crippen molar-refractivity contribution in [3.8, 4) is 6.07 Å². The molecule has 4 heteroatoms. The molecule has 1 heterocycles. The smallest absolute Gasteiger partial charge is 0.410 e. The summed E-state index contributed by atoms with van der Waals surface area (Å²) in [7, 11) is 0. The van der Waals surface area contributed by atoms with Crippen molar-refractivity contribution in [2.24, 2.45) is 0 Å². The highest BCUT2D eigenvalue weighted by atomic mass is 16.6. The van der Waals surface area contributed by atoms with Crippen molar-refractivity contribution in [2.75, 3.05) is 13.1 Å². The summed E-state index contributed by atoms with van der Waals surface area (Å²) >= 11 is 0. The lowest BCUT2D eigenvalue weighted by Gasteiger charge is -2.38. The maximum atomic E-state index is 12.2. The molecule has 4 nitrogen and oxygen atoms in total. The van der Waals surface area contributed by atoms with Crippen LogP contribution in [0.4, 0.5) is 4.79 Å². The minimum atomic E-state index is -0.539. The van der Waals surface area contributed by atoms with E-state index < -0.39 is 11.0 Å². The Morgan fingerprint density at radius 2 is 1.76 bits per heavy atom. The highest BCUT2D eigenvalue weighted by Gasteiger charge is 2.38. The van der Waals surface area contributed by atoms with Crippen molar-refractivity contribution in [3.63, 3.8) is 0 Å². The molecule has 0 aliphatic carbocycles. The molecular weight excluding hydrogens is 312 g/mol. The molecule has 0 bridgehead atoms. The minimum Gasteiger partial charge on any atom is -0.444 e. The van der Waals surface area contributed by atoms with Gasteiger partial charge < -0.3 is 9.64 Å². The van der Waals surface area contributed by atoms with Crippen molar-refractivity contribution < 1.29 is 9.53 Å². The highest BCUT2D eigenvalue weighted by molar-refractivity contribution is 5.83. The van der Waals surface area contributed by atoms with Gasteiger partial charge in [0.05, 0.1) is 11.5 Å². The van der Waals surface area contributed by atoms with Gasteiger partial charge in [-0.05, 0) is 56.0 Å². The number of nitriles is 1. The maximum Gasteiger partial charge on any atom is 0.410 e. The maximum absolute atomic E-state index is 12.2. The van der Waals surface area contributed by atoms with Crippen LogP contribution in [0.5, 0.6) is 0 Å². The van der Waals surface area contributed by atoms with Crippen molar-refractivity contribution >= 4 is 16.9 Å². The second-order valence-corrected chi connectivity index (χ2v) is 7.72. The summed E-state index contributed by atoms with van der Waals surface area (Å²) in [5, 5.41) is 12.2. The molecular formula is C21H24N2O2. The first-order chi connectivity index (χ1) is 11.8. The van der Waals surface area contributed by atoms with Crippen LogP contribution in [-0.2, 0) is 10.2 Å². The fourth-order valence-electron chi connectivity index (χ4n) is 3.35. The van der Waals surface area contributed by atoms with Gasteiger partial charge in [0.1, 0.15) is 5.60 Å². The highest BCUT2D eigenvalue weighted by Crippen LogP contribution is 2.36. The van der Waals surface area contributed by atoms with Gasteiger partial charge in [-0.25, -0.2) is 4.79 Å². The average molecular weight is 336 g/mol. The molecule has 1 amide bonds. The van der Waals surface area contributed by atoms with Crippen LogP contribution in [0.2, 0.25) is 0 Å². The molecule has 0 aromatic heterocycles. The third-order valence-corrected chi connectivity index (χ3v) is 4.78. The minimum absolute atomic E-state index is 0.294. The first-order valence-corrected chi connectivity index (χ1v) is 8.71. The number of nitrogens with zero attached hydrogens (tertiary/aromatic N) is 2. The van der Waals surface area contributed by atoms with Gasteiger partial charge in [0.25, 0.3) is 0 Å². The van der Waals surface area contributed by atoms with E-state index in [0.717, 1.165) is 10.9 Å². The lowest BCUT2D eigenvalue weighted by Crippen LogP contribution is -2.46. The predicted molar refractivity (Wildman–Crippen MR) is 98.3 cm³/mol. The zero-order valence-electron chi connectivity index (χ0n) is 15.1. The number of likely N-dealkylation sites (tertiary alicyclic amines) is 1. The lowest BCUT2D eigenvalue weighted by atomic mass is 9.73. The number of piperidine rings is 1. The molecule has 0 unspecified atom stereocenters. The van der Waals surface area contributed by atoms with Crippen molar-refractivity contribution in [3.05, 3.63) is 48.0 Å². The molecule has 130 valence electrons.